The number of aromatic nitrogens is 1. The zero-order valence-corrected chi connectivity index (χ0v) is 20.1. The Morgan fingerprint density at radius 3 is 2.37 bits per heavy atom. The molecule has 2 heterocycles. The van der Waals surface area contributed by atoms with Crippen molar-refractivity contribution in [1.29, 1.82) is 0 Å². The van der Waals surface area contributed by atoms with Gasteiger partial charge in [0.05, 0.1) is 30.1 Å². The Balaban J connectivity index is 1.29. The van der Waals surface area contributed by atoms with Gasteiger partial charge in [0.15, 0.2) is 0 Å². The molecule has 7 nitrogen and oxygen atoms in total. The summed E-state index contributed by atoms with van der Waals surface area (Å²) in [6.45, 7) is 1.52. The molecule has 6 rings (SSSR count). The molecule has 0 spiro atoms. The Kier molecular flexibility index (Phi) is 6.02. The molecule has 7 heteroatoms. The summed E-state index contributed by atoms with van der Waals surface area (Å²) in [4.78, 5) is 12.2. The van der Waals surface area contributed by atoms with E-state index < -0.39 is 0 Å². The first-order chi connectivity index (χ1) is 17.2. The maximum absolute atomic E-state index is 12.2. The highest BCUT2D eigenvalue weighted by Gasteiger charge is 2.27. The first kappa shape index (κ1) is 22.3. The van der Waals surface area contributed by atoms with Crippen LogP contribution in [0.1, 0.15) is 57.4 Å². The van der Waals surface area contributed by atoms with Crippen LogP contribution in [-0.2, 0) is 4.74 Å². The molecule has 3 aromatic rings. The van der Waals surface area contributed by atoms with E-state index in [1.165, 1.54) is 12.8 Å². The number of carbonyl (C=O) groups is 1. The van der Waals surface area contributed by atoms with Crippen LogP contribution in [0.15, 0.2) is 42.5 Å². The van der Waals surface area contributed by atoms with Gasteiger partial charge in [0, 0.05) is 47.6 Å². The predicted molar refractivity (Wildman–Crippen MR) is 139 cm³/mol. The summed E-state index contributed by atoms with van der Waals surface area (Å²) in [5, 5.41) is 7.04. The lowest BCUT2D eigenvalue weighted by atomic mass is 9.92. The van der Waals surface area contributed by atoms with Gasteiger partial charge in [0.25, 0.3) is 0 Å². The fourth-order valence-corrected chi connectivity index (χ4v) is 5.31. The Labute approximate surface area is 206 Å². The van der Waals surface area contributed by atoms with E-state index in [1.807, 2.05) is 18.2 Å². The summed E-state index contributed by atoms with van der Waals surface area (Å²) in [6.07, 6.45) is 8.93. The molecular weight excluding hydrogens is 440 g/mol. The molecule has 2 saturated carbocycles. The third-order valence-corrected chi connectivity index (χ3v) is 7.78. The average molecular weight is 475 g/mol. The van der Waals surface area contributed by atoms with Crippen molar-refractivity contribution in [3.8, 4) is 17.0 Å². The van der Waals surface area contributed by atoms with E-state index in [-0.39, 0.29) is 12.1 Å². The van der Waals surface area contributed by atoms with Gasteiger partial charge in [-0.3, -0.25) is 0 Å². The summed E-state index contributed by atoms with van der Waals surface area (Å²) < 4.78 is 14.2. The number of carbonyl (C=O) groups excluding carboxylic acids is 1. The highest BCUT2D eigenvalue weighted by molar-refractivity contribution is 6.02. The summed E-state index contributed by atoms with van der Waals surface area (Å²) in [5.41, 5.74) is 11.6. The van der Waals surface area contributed by atoms with Gasteiger partial charge >= 0.3 is 6.03 Å². The van der Waals surface area contributed by atoms with Crippen LogP contribution in [0.3, 0.4) is 0 Å². The number of hydrogen-bond donors (Lipinski definition) is 3. The maximum Gasteiger partial charge on any atom is 0.319 e. The minimum Gasteiger partial charge on any atom is -0.490 e. The van der Waals surface area contributed by atoms with Gasteiger partial charge < -0.3 is 30.4 Å². The monoisotopic (exact) mass is 474 g/mol. The van der Waals surface area contributed by atoms with E-state index in [1.54, 1.807) is 0 Å². The van der Waals surface area contributed by atoms with E-state index in [9.17, 15) is 4.79 Å². The zero-order chi connectivity index (χ0) is 23.8. The number of hydrogen-bond acceptors (Lipinski definition) is 4. The summed E-state index contributed by atoms with van der Waals surface area (Å²) in [5.74, 6) is 0.894. The smallest absolute Gasteiger partial charge is 0.319 e. The summed E-state index contributed by atoms with van der Waals surface area (Å²) in [6, 6.07) is 14.9. The zero-order valence-electron chi connectivity index (χ0n) is 20.1. The van der Waals surface area contributed by atoms with Crippen molar-refractivity contribution >= 4 is 28.3 Å². The number of benzene rings is 2. The van der Waals surface area contributed by atoms with Gasteiger partial charge in [-0.15, -0.1) is 0 Å². The van der Waals surface area contributed by atoms with Crippen LogP contribution in [0.4, 0.5) is 16.2 Å². The molecule has 0 radical (unpaired) electrons. The molecule has 2 aliphatic carbocycles. The molecular formula is C28H34N4O3. The molecule has 1 saturated heterocycles. The molecule has 3 fully saturated rings. The number of fused-ring (bicyclic) bond motifs is 1. The first-order valence-electron chi connectivity index (χ1n) is 13.0. The van der Waals surface area contributed by atoms with E-state index in [0.29, 0.717) is 12.1 Å². The van der Waals surface area contributed by atoms with Crippen LogP contribution in [0, 0.1) is 0 Å². The van der Waals surface area contributed by atoms with Crippen molar-refractivity contribution in [3.05, 3.63) is 42.5 Å². The Hall–Kier alpha value is -3.19. The molecule has 0 atom stereocenters. The molecule has 4 N–H and O–H groups in total. The van der Waals surface area contributed by atoms with E-state index in [2.05, 4.69) is 39.5 Å². The number of nitrogens with two attached hydrogens (primary N) is 1. The van der Waals surface area contributed by atoms with Crippen molar-refractivity contribution in [2.24, 2.45) is 0 Å². The molecule has 0 bridgehead atoms. The number of nitrogens with zero attached hydrogens (tertiary/aromatic N) is 1. The molecule has 35 heavy (non-hydrogen) atoms. The Morgan fingerprint density at radius 1 is 0.971 bits per heavy atom. The fourth-order valence-electron chi connectivity index (χ4n) is 5.31. The van der Waals surface area contributed by atoms with Crippen LogP contribution in [0.5, 0.6) is 5.75 Å². The molecule has 3 aliphatic rings. The number of amides is 2. The topological polar surface area (TPSA) is 90.5 Å². The molecule has 184 valence electrons. The third-order valence-electron chi connectivity index (χ3n) is 7.78. The number of ether oxygens (including phenoxy) is 2. The third kappa shape index (κ3) is 4.45. The number of nitrogens with one attached hydrogen (secondary N) is 2. The van der Waals surface area contributed by atoms with Crippen LogP contribution in [0.2, 0.25) is 0 Å². The minimum absolute atomic E-state index is 0.136. The highest BCUT2D eigenvalue weighted by atomic mass is 16.5. The quantitative estimate of drug-likeness (QED) is 0.418. The van der Waals surface area contributed by atoms with Crippen LogP contribution >= 0.6 is 0 Å². The van der Waals surface area contributed by atoms with Crippen molar-refractivity contribution in [2.45, 2.75) is 69.6 Å². The second-order valence-corrected chi connectivity index (χ2v) is 10.1. The summed E-state index contributed by atoms with van der Waals surface area (Å²) in [7, 11) is 0. The van der Waals surface area contributed by atoms with Crippen molar-refractivity contribution in [3.63, 3.8) is 0 Å². The van der Waals surface area contributed by atoms with Crippen molar-refractivity contribution in [2.75, 3.05) is 24.3 Å². The number of anilines is 2. The number of nitrogen functional groups attached to an aromatic ring is 1. The van der Waals surface area contributed by atoms with Gasteiger partial charge in [-0.25, -0.2) is 4.79 Å². The number of urea groups is 1. The van der Waals surface area contributed by atoms with Gasteiger partial charge in [0.2, 0.25) is 0 Å². The van der Waals surface area contributed by atoms with Gasteiger partial charge in [-0.2, -0.15) is 0 Å². The minimum atomic E-state index is -0.136. The second-order valence-electron chi connectivity index (χ2n) is 10.1. The largest absolute Gasteiger partial charge is 0.490 e. The second kappa shape index (κ2) is 9.46. The van der Waals surface area contributed by atoms with Gasteiger partial charge in [-0.1, -0.05) is 12.1 Å². The molecule has 2 aromatic carbocycles. The average Bonchev–Trinajstić information content (AvgIpc) is 3.08. The molecule has 1 aliphatic heterocycles. The first-order valence-corrected chi connectivity index (χ1v) is 13.0. The van der Waals surface area contributed by atoms with Gasteiger partial charge in [-0.05, 0) is 62.8 Å². The molecule has 2 amide bonds. The van der Waals surface area contributed by atoms with E-state index in [0.717, 1.165) is 91.0 Å². The Morgan fingerprint density at radius 2 is 1.71 bits per heavy atom. The SMILES string of the molecule is Nc1c(-c2ccc(NC(=O)NC3CCC3)cc2)n(C2CCC2)c2cc(OC3CCOCC3)ccc12. The van der Waals surface area contributed by atoms with Gasteiger partial charge in [0.1, 0.15) is 11.9 Å². The molecule has 1 aromatic heterocycles. The van der Waals surface area contributed by atoms with Crippen molar-refractivity contribution in [1.82, 2.24) is 9.88 Å². The van der Waals surface area contributed by atoms with Crippen molar-refractivity contribution < 1.29 is 14.3 Å². The Bertz CT molecular complexity index is 1210. The lowest BCUT2D eigenvalue weighted by Crippen LogP contribution is -2.41. The maximum atomic E-state index is 12.2. The van der Waals surface area contributed by atoms with Crippen LogP contribution in [0.25, 0.3) is 22.2 Å². The van der Waals surface area contributed by atoms with Crippen LogP contribution in [-0.4, -0.2) is 36.0 Å². The number of rotatable bonds is 6. The van der Waals surface area contributed by atoms with E-state index in [4.69, 9.17) is 15.2 Å². The fraction of sp³-hybridized carbons (Fsp3) is 0.464. The predicted octanol–water partition coefficient (Wildman–Crippen LogP) is 5.85. The summed E-state index contributed by atoms with van der Waals surface area (Å²) >= 11 is 0. The lowest BCUT2D eigenvalue weighted by Gasteiger charge is -2.30. The standard InChI is InChI=1S/C28H34N4O3/c29-26-24-12-11-23(35-22-13-15-34-16-14-22)17-25(24)32(21-5-2-6-21)27(26)18-7-9-20(10-8-18)31-28(33)30-19-3-1-4-19/h7-12,17,19,21-22H,1-6,13-16,29H2,(H2,30,31,33). The lowest BCUT2D eigenvalue weighted by molar-refractivity contribution is 0.0256. The normalized spacial score (nSPS) is 19.2. The van der Waals surface area contributed by atoms with Crippen LogP contribution < -0.4 is 21.1 Å². The highest BCUT2D eigenvalue weighted by Crippen LogP contribution is 2.45. The molecule has 0 unspecified atom stereocenters. The van der Waals surface area contributed by atoms with E-state index >= 15 is 0 Å².